The second kappa shape index (κ2) is 6.68. The topological polar surface area (TPSA) is 51.6 Å². The van der Waals surface area contributed by atoms with Gasteiger partial charge < -0.3 is 14.9 Å². The number of furan rings is 1. The van der Waals surface area contributed by atoms with E-state index in [9.17, 15) is 0 Å². The maximum Gasteiger partial charge on any atom is 0.122 e. The van der Waals surface area contributed by atoms with Crippen LogP contribution < -0.4 is 5.73 Å². The van der Waals surface area contributed by atoms with Crippen LogP contribution in [0, 0.1) is 6.92 Å². The molecule has 16 heavy (non-hydrogen) atoms. The number of rotatable bonds is 7. The first-order valence-electron chi connectivity index (χ1n) is 5.64. The molecule has 4 nitrogen and oxygen atoms in total. The third-order valence-corrected chi connectivity index (χ3v) is 2.70. The van der Waals surface area contributed by atoms with Gasteiger partial charge in [-0.3, -0.25) is 4.90 Å². The molecule has 0 aliphatic heterocycles. The third kappa shape index (κ3) is 3.63. The lowest BCUT2D eigenvalue weighted by Gasteiger charge is -2.25. The van der Waals surface area contributed by atoms with Crippen molar-refractivity contribution in [2.24, 2.45) is 5.73 Å². The molecule has 0 bridgehead atoms. The molecule has 0 amide bonds. The molecule has 0 saturated heterocycles. The summed E-state index contributed by atoms with van der Waals surface area (Å²) in [5, 5.41) is 0. The van der Waals surface area contributed by atoms with E-state index in [2.05, 4.69) is 11.9 Å². The molecular formula is C12H22N2O2. The van der Waals surface area contributed by atoms with Crippen molar-refractivity contribution in [3.8, 4) is 0 Å². The minimum Gasteiger partial charge on any atom is -0.465 e. The van der Waals surface area contributed by atoms with E-state index in [0.29, 0.717) is 6.54 Å². The van der Waals surface area contributed by atoms with Gasteiger partial charge >= 0.3 is 0 Å². The minimum absolute atomic E-state index is 0.158. The summed E-state index contributed by atoms with van der Waals surface area (Å²) in [5.41, 5.74) is 5.79. The number of likely N-dealkylation sites (N-methyl/N-ethyl adjacent to an activating group) is 1. The molecule has 0 aromatic carbocycles. The maximum atomic E-state index is 5.79. The highest BCUT2D eigenvalue weighted by Crippen LogP contribution is 2.20. The van der Waals surface area contributed by atoms with E-state index in [1.165, 1.54) is 0 Å². The van der Waals surface area contributed by atoms with Gasteiger partial charge in [-0.15, -0.1) is 0 Å². The summed E-state index contributed by atoms with van der Waals surface area (Å²) < 4.78 is 10.6. The van der Waals surface area contributed by atoms with Gasteiger partial charge in [0, 0.05) is 26.8 Å². The first-order valence-corrected chi connectivity index (χ1v) is 5.64. The second-order valence-corrected chi connectivity index (χ2v) is 4.03. The molecule has 0 radical (unpaired) electrons. The normalized spacial score (nSPS) is 13.3. The van der Waals surface area contributed by atoms with Crippen LogP contribution in [0.5, 0.6) is 0 Å². The largest absolute Gasteiger partial charge is 0.465 e. The van der Waals surface area contributed by atoms with Gasteiger partial charge in [0.2, 0.25) is 0 Å². The Kier molecular flexibility index (Phi) is 5.52. The Morgan fingerprint density at radius 2 is 2.25 bits per heavy atom. The van der Waals surface area contributed by atoms with Gasteiger partial charge in [0.25, 0.3) is 0 Å². The van der Waals surface area contributed by atoms with Gasteiger partial charge in [-0.05, 0) is 32.5 Å². The zero-order valence-corrected chi connectivity index (χ0v) is 10.4. The van der Waals surface area contributed by atoms with Crippen LogP contribution in [0.4, 0.5) is 0 Å². The van der Waals surface area contributed by atoms with Crippen molar-refractivity contribution in [1.29, 1.82) is 0 Å². The average molecular weight is 226 g/mol. The summed E-state index contributed by atoms with van der Waals surface area (Å²) in [4.78, 5) is 2.21. The van der Waals surface area contributed by atoms with Gasteiger partial charge in [0.1, 0.15) is 11.5 Å². The summed E-state index contributed by atoms with van der Waals surface area (Å²) in [6, 6.07) is 4.13. The van der Waals surface area contributed by atoms with Crippen molar-refractivity contribution in [2.45, 2.75) is 19.4 Å². The van der Waals surface area contributed by atoms with Crippen molar-refractivity contribution in [3.05, 3.63) is 23.7 Å². The fraction of sp³-hybridized carbons (Fsp3) is 0.667. The molecule has 0 aliphatic rings. The number of hydrogen-bond acceptors (Lipinski definition) is 4. The molecule has 2 N–H and O–H groups in total. The van der Waals surface area contributed by atoms with Crippen molar-refractivity contribution < 1.29 is 9.15 Å². The van der Waals surface area contributed by atoms with Crippen molar-refractivity contribution >= 4 is 0 Å². The molecular weight excluding hydrogens is 204 g/mol. The van der Waals surface area contributed by atoms with Crippen LogP contribution in [0.1, 0.15) is 24.0 Å². The highest BCUT2D eigenvalue weighted by molar-refractivity contribution is 5.10. The molecule has 92 valence electrons. The standard InChI is InChI=1S/C12H22N2O2/c1-10-5-6-12(16-10)11(9-13)14(2)7-4-8-15-3/h5-6,11H,4,7-9,13H2,1-3H3. The zero-order valence-electron chi connectivity index (χ0n) is 10.4. The van der Waals surface area contributed by atoms with Gasteiger partial charge in [-0.1, -0.05) is 0 Å². The Morgan fingerprint density at radius 1 is 1.50 bits per heavy atom. The first-order chi connectivity index (χ1) is 7.69. The average Bonchev–Trinajstić information content (AvgIpc) is 2.66. The highest BCUT2D eigenvalue weighted by Gasteiger charge is 2.18. The van der Waals surface area contributed by atoms with E-state index in [0.717, 1.165) is 31.1 Å². The number of nitrogens with two attached hydrogens (primary N) is 1. The number of nitrogens with zero attached hydrogens (tertiary/aromatic N) is 1. The third-order valence-electron chi connectivity index (χ3n) is 2.70. The van der Waals surface area contributed by atoms with Crippen LogP contribution >= 0.6 is 0 Å². The van der Waals surface area contributed by atoms with E-state index in [1.54, 1.807) is 7.11 Å². The SMILES string of the molecule is COCCCN(C)C(CN)c1ccc(C)o1. The van der Waals surface area contributed by atoms with Crippen LogP contribution in [0.15, 0.2) is 16.5 Å². The van der Waals surface area contributed by atoms with Gasteiger partial charge in [-0.2, -0.15) is 0 Å². The van der Waals surface area contributed by atoms with Crippen molar-refractivity contribution in [3.63, 3.8) is 0 Å². The van der Waals surface area contributed by atoms with Crippen molar-refractivity contribution in [2.75, 3.05) is 33.9 Å². The molecule has 1 aromatic rings. The Hall–Kier alpha value is -0.840. The summed E-state index contributed by atoms with van der Waals surface area (Å²) in [6.07, 6.45) is 1.00. The number of aryl methyl sites for hydroxylation is 1. The van der Waals surface area contributed by atoms with Crippen LogP contribution in [0.25, 0.3) is 0 Å². The van der Waals surface area contributed by atoms with E-state index in [1.807, 2.05) is 19.1 Å². The molecule has 1 rings (SSSR count). The van der Waals surface area contributed by atoms with Crippen LogP contribution in [-0.4, -0.2) is 38.8 Å². The van der Waals surface area contributed by atoms with Crippen molar-refractivity contribution in [1.82, 2.24) is 4.90 Å². The Morgan fingerprint density at radius 3 is 2.75 bits per heavy atom. The maximum absolute atomic E-state index is 5.79. The first kappa shape index (κ1) is 13.2. The van der Waals surface area contributed by atoms with Gasteiger partial charge in [0.15, 0.2) is 0 Å². The quantitative estimate of drug-likeness (QED) is 0.717. The van der Waals surface area contributed by atoms with Crippen LogP contribution in [0.2, 0.25) is 0 Å². The molecule has 1 unspecified atom stereocenters. The lowest BCUT2D eigenvalue weighted by molar-refractivity contribution is 0.159. The predicted octanol–water partition coefficient (Wildman–Crippen LogP) is 1.56. The number of methoxy groups -OCH3 is 1. The molecule has 1 aromatic heterocycles. The molecule has 0 fully saturated rings. The van der Waals surface area contributed by atoms with E-state index in [4.69, 9.17) is 14.9 Å². The fourth-order valence-corrected chi connectivity index (χ4v) is 1.76. The summed E-state index contributed by atoms with van der Waals surface area (Å²) in [5.74, 6) is 1.87. The number of hydrogen-bond donors (Lipinski definition) is 1. The molecule has 1 atom stereocenters. The monoisotopic (exact) mass is 226 g/mol. The van der Waals surface area contributed by atoms with E-state index in [-0.39, 0.29) is 6.04 Å². The Bertz CT molecular complexity index is 299. The van der Waals surface area contributed by atoms with Gasteiger partial charge in [-0.25, -0.2) is 0 Å². The molecule has 0 saturated carbocycles. The molecule has 0 spiro atoms. The lowest BCUT2D eigenvalue weighted by atomic mass is 10.2. The smallest absolute Gasteiger partial charge is 0.122 e. The lowest BCUT2D eigenvalue weighted by Crippen LogP contribution is -2.31. The zero-order chi connectivity index (χ0) is 12.0. The highest BCUT2D eigenvalue weighted by atomic mass is 16.5. The Labute approximate surface area is 97.4 Å². The summed E-state index contributed by atoms with van der Waals surface area (Å²) >= 11 is 0. The fourth-order valence-electron chi connectivity index (χ4n) is 1.76. The molecule has 4 heteroatoms. The van der Waals surface area contributed by atoms with Gasteiger partial charge in [0.05, 0.1) is 6.04 Å². The number of ether oxygens (including phenoxy) is 1. The molecule has 1 heterocycles. The minimum atomic E-state index is 0.158. The Balaban J connectivity index is 2.53. The van der Waals surface area contributed by atoms with E-state index < -0.39 is 0 Å². The molecule has 0 aliphatic carbocycles. The summed E-state index contributed by atoms with van der Waals surface area (Å²) in [7, 11) is 3.78. The van der Waals surface area contributed by atoms with Crippen LogP contribution in [0.3, 0.4) is 0 Å². The predicted molar refractivity (Wildman–Crippen MR) is 64.4 cm³/mol. The summed E-state index contributed by atoms with van der Waals surface area (Å²) in [6.45, 7) is 4.24. The second-order valence-electron chi connectivity index (χ2n) is 4.03. The van der Waals surface area contributed by atoms with Crippen LogP contribution in [-0.2, 0) is 4.74 Å². The van der Waals surface area contributed by atoms with E-state index >= 15 is 0 Å².